The van der Waals surface area contributed by atoms with Crippen molar-refractivity contribution in [3.8, 4) is 0 Å². The maximum Gasteiger partial charge on any atom is 0.321 e. The van der Waals surface area contributed by atoms with Gasteiger partial charge in [-0.25, -0.2) is 4.79 Å². The van der Waals surface area contributed by atoms with Crippen LogP contribution in [-0.2, 0) is 6.54 Å². The number of carbonyl (C=O) groups excluding carboxylic acids is 1. The van der Waals surface area contributed by atoms with Crippen molar-refractivity contribution in [3.05, 3.63) is 48.0 Å². The van der Waals surface area contributed by atoms with E-state index >= 15 is 0 Å². The first kappa shape index (κ1) is 18.3. The Hall–Kier alpha value is -2.08. The molecule has 1 N–H and O–H groups in total. The number of hydrogen-bond donors (Lipinski definition) is 1. The molecule has 24 heavy (non-hydrogen) atoms. The van der Waals surface area contributed by atoms with E-state index in [2.05, 4.69) is 42.1 Å². The molecule has 1 heterocycles. The SMILES string of the molecule is Cc1cc(SC(C)(C)C)ccc1NC(=O)N(C)Cc1cnccn1. The first-order chi connectivity index (χ1) is 11.2. The molecular formula is C18H24N4OS. The van der Waals surface area contributed by atoms with Crippen LogP contribution in [0.2, 0.25) is 0 Å². The standard InChI is InChI=1S/C18H24N4OS/c1-13-10-15(24-18(2,3)4)6-7-16(13)21-17(23)22(5)12-14-11-19-8-9-20-14/h6-11H,12H2,1-5H3,(H,21,23). The molecule has 0 atom stereocenters. The Bertz CT molecular complexity index is 698. The van der Waals surface area contributed by atoms with Gasteiger partial charge in [0.1, 0.15) is 0 Å². The highest BCUT2D eigenvalue weighted by Crippen LogP contribution is 2.33. The van der Waals surface area contributed by atoms with Crippen LogP contribution in [0, 0.1) is 6.92 Å². The van der Waals surface area contributed by atoms with Crippen LogP contribution < -0.4 is 5.32 Å². The van der Waals surface area contributed by atoms with Gasteiger partial charge in [-0.1, -0.05) is 20.8 Å². The van der Waals surface area contributed by atoms with Crippen molar-refractivity contribution >= 4 is 23.5 Å². The molecular weight excluding hydrogens is 320 g/mol. The number of nitrogens with one attached hydrogen (secondary N) is 1. The maximum atomic E-state index is 12.3. The zero-order valence-corrected chi connectivity index (χ0v) is 15.6. The lowest BCUT2D eigenvalue weighted by molar-refractivity contribution is 0.220. The number of rotatable bonds is 4. The molecule has 0 aliphatic heterocycles. The number of benzene rings is 1. The number of urea groups is 1. The van der Waals surface area contributed by atoms with E-state index in [1.54, 1.807) is 30.5 Å². The Kier molecular flexibility index (Phi) is 5.83. The van der Waals surface area contributed by atoms with Gasteiger partial charge in [0.2, 0.25) is 0 Å². The number of carbonyl (C=O) groups is 1. The van der Waals surface area contributed by atoms with Crippen molar-refractivity contribution in [1.29, 1.82) is 0 Å². The molecule has 1 aromatic heterocycles. The van der Waals surface area contributed by atoms with Gasteiger partial charge >= 0.3 is 6.03 Å². The summed E-state index contributed by atoms with van der Waals surface area (Å²) in [5, 5.41) is 2.95. The molecule has 0 spiro atoms. The second kappa shape index (κ2) is 7.66. The fourth-order valence-corrected chi connectivity index (χ4v) is 3.21. The first-order valence-electron chi connectivity index (χ1n) is 7.81. The second-order valence-corrected chi connectivity index (χ2v) is 8.57. The summed E-state index contributed by atoms with van der Waals surface area (Å²) in [5.41, 5.74) is 2.62. The predicted octanol–water partition coefficient (Wildman–Crippen LogP) is 4.34. The molecule has 2 rings (SSSR count). The van der Waals surface area contributed by atoms with Crippen molar-refractivity contribution in [3.63, 3.8) is 0 Å². The minimum atomic E-state index is -0.167. The summed E-state index contributed by atoms with van der Waals surface area (Å²) >= 11 is 1.81. The summed E-state index contributed by atoms with van der Waals surface area (Å²) in [6.45, 7) is 8.97. The summed E-state index contributed by atoms with van der Waals surface area (Å²) in [6, 6.07) is 5.94. The van der Waals surface area contributed by atoms with Crippen LogP contribution in [0.25, 0.3) is 0 Å². The van der Waals surface area contributed by atoms with E-state index in [9.17, 15) is 4.79 Å². The van der Waals surface area contributed by atoms with Gasteiger partial charge < -0.3 is 10.2 Å². The third-order valence-corrected chi connectivity index (χ3v) is 4.33. The summed E-state index contributed by atoms with van der Waals surface area (Å²) in [7, 11) is 1.74. The van der Waals surface area contributed by atoms with Gasteiger partial charge in [0.05, 0.1) is 18.4 Å². The highest BCUT2D eigenvalue weighted by atomic mass is 32.2. The fraction of sp³-hybridized carbons (Fsp3) is 0.389. The van der Waals surface area contributed by atoms with Crippen molar-refractivity contribution < 1.29 is 4.79 Å². The summed E-state index contributed by atoms with van der Waals surface area (Å²) in [6.07, 6.45) is 4.90. The molecule has 0 aliphatic rings. The van der Waals surface area contributed by atoms with Gasteiger partial charge in [-0.05, 0) is 30.7 Å². The number of hydrogen-bond acceptors (Lipinski definition) is 4. The molecule has 6 heteroatoms. The van der Waals surface area contributed by atoms with Crippen molar-refractivity contribution in [2.45, 2.75) is 43.9 Å². The molecule has 0 fully saturated rings. The predicted molar refractivity (Wildman–Crippen MR) is 99.3 cm³/mol. The zero-order valence-electron chi connectivity index (χ0n) is 14.8. The van der Waals surface area contributed by atoms with E-state index in [4.69, 9.17) is 0 Å². The highest BCUT2D eigenvalue weighted by molar-refractivity contribution is 8.00. The number of nitrogens with zero attached hydrogens (tertiary/aromatic N) is 3. The molecule has 0 radical (unpaired) electrons. The topological polar surface area (TPSA) is 58.1 Å². The zero-order chi connectivity index (χ0) is 17.7. The molecule has 5 nitrogen and oxygen atoms in total. The Morgan fingerprint density at radius 1 is 1.29 bits per heavy atom. The van der Waals surface area contributed by atoms with E-state index in [0.29, 0.717) is 6.54 Å². The van der Waals surface area contributed by atoms with E-state index in [1.165, 1.54) is 4.90 Å². The Morgan fingerprint density at radius 2 is 2.04 bits per heavy atom. The minimum absolute atomic E-state index is 0.161. The van der Waals surface area contributed by atoms with Crippen LogP contribution in [0.4, 0.5) is 10.5 Å². The molecule has 1 aromatic carbocycles. The van der Waals surface area contributed by atoms with Crippen LogP contribution in [-0.4, -0.2) is 32.7 Å². The number of amides is 2. The third kappa shape index (κ3) is 5.53. The van der Waals surface area contributed by atoms with Crippen LogP contribution in [0.15, 0.2) is 41.7 Å². The van der Waals surface area contributed by atoms with Crippen LogP contribution in [0.5, 0.6) is 0 Å². The fourth-order valence-electron chi connectivity index (χ4n) is 2.13. The summed E-state index contributed by atoms with van der Waals surface area (Å²) in [4.78, 5) is 23.3. The lowest BCUT2D eigenvalue weighted by Crippen LogP contribution is -2.31. The van der Waals surface area contributed by atoms with Crippen LogP contribution in [0.3, 0.4) is 0 Å². The number of anilines is 1. The summed E-state index contributed by atoms with van der Waals surface area (Å²) < 4.78 is 0.161. The number of aromatic nitrogens is 2. The van der Waals surface area contributed by atoms with Gasteiger partial charge in [0, 0.05) is 34.8 Å². The van der Waals surface area contributed by atoms with E-state index in [0.717, 1.165) is 16.9 Å². The second-order valence-electron chi connectivity index (χ2n) is 6.67. The van der Waals surface area contributed by atoms with Crippen LogP contribution in [0.1, 0.15) is 32.0 Å². The third-order valence-electron chi connectivity index (χ3n) is 3.23. The molecule has 2 aromatic rings. The Morgan fingerprint density at radius 3 is 2.62 bits per heavy atom. The monoisotopic (exact) mass is 344 g/mol. The molecule has 0 aliphatic carbocycles. The van der Waals surface area contributed by atoms with Gasteiger partial charge in [0.15, 0.2) is 0 Å². The smallest absolute Gasteiger partial charge is 0.321 e. The molecule has 0 bridgehead atoms. The van der Waals surface area contributed by atoms with Crippen molar-refractivity contribution in [2.75, 3.05) is 12.4 Å². The molecule has 0 saturated carbocycles. The average molecular weight is 344 g/mol. The maximum absolute atomic E-state index is 12.3. The molecule has 0 unspecified atom stereocenters. The Balaban J connectivity index is 2.01. The lowest BCUT2D eigenvalue weighted by Gasteiger charge is -2.20. The number of thioether (sulfide) groups is 1. The number of aryl methyl sites for hydroxylation is 1. The summed E-state index contributed by atoms with van der Waals surface area (Å²) in [5.74, 6) is 0. The van der Waals surface area contributed by atoms with E-state index in [1.807, 2.05) is 30.8 Å². The lowest BCUT2D eigenvalue weighted by atomic mass is 10.2. The quantitative estimate of drug-likeness (QED) is 0.838. The van der Waals surface area contributed by atoms with Crippen molar-refractivity contribution in [2.24, 2.45) is 0 Å². The van der Waals surface area contributed by atoms with Gasteiger partial charge in [0.25, 0.3) is 0 Å². The first-order valence-corrected chi connectivity index (χ1v) is 8.63. The average Bonchev–Trinajstić information content (AvgIpc) is 2.49. The van der Waals surface area contributed by atoms with Crippen LogP contribution >= 0.6 is 11.8 Å². The molecule has 128 valence electrons. The minimum Gasteiger partial charge on any atom is -0.322 e. The van der Waals surface area contributed by atoms with Crippen molar-refractivity contribution in [1.82, 2.24) is 14.9 Å². The largest absolute Gasteiger partial charge is 0.322 e. The molecule has 0 saturated heterocycles. The Labute approximate surface area is 147 Å². The normalized spacial score (nSPS) is 11.2. The van der Waals surface area contributed by atoms with E-state index in [-0.39, 0.29) is 10.8 Å². The van der Waals surface area contributed by atoms with E-state index < -0.39 is 0 Å². The van der Waals surface area contributed by atoms with Gasteiger partial charge in [-0.2, -0.15) is 0 Å². The van der Waals surface area contributed by atoms with Gasteiger partial charge in [-0.15, -0.1) is 11.8 Å². The van der Waals surface area contributed by atoms with Gasteiger partial charge in [-0.3, -0.25) is 9.97 Å². The highest BCUT2D eigenvalue weighted by Gasteiger charge is 2.14. The molecule has 2 amide bonds.